The quantitative estimate of drug-likeness (QED) is 0.798. The lowest BCUT2D eigenvalue weighted by atomic mass is 10.1. The molecule has 1 N–H and O–H groups in total. The number of rotatable bonds is 3. The van der Waals surface area contributed by atoms with Crippen molar-refractivity contribution in [1.29, 1.82) is 0 Å². The number of aromatic nitrogens is 1. The van der Waals surface area contributed by atoms with Gasteiger partial charge in [0, 0.05) is 30.7 Å². The van der Waals surface area contributed by atoms with Crippen molar-refractivity contribution < 1.29 is 9.59 Å². The summed E-state index contributed by atoms with van der Waals surface area (Å²) in [6.45, 7) is 1.81. The summed E-state index contributed by atoms with van der Waals surface area (Å²) in [6, 6.07) is 16.4. The van der Waals surface area contributed by atoms with Crippen molar-refractivity contribution in [2.75, 3.05) is 19.4 Å². The normalized spacial score (nSPS) is 10.5. The molecule has 0 radical (unpaired) electrons. The van der Waals surface area contributed by atoms with Crippen molar-refractivity contribution in [3.05, 3.63) is 71.4 Å². The number of fused-ring (bicyclic) bond motifs is 1. The number of carbonyl (C=O) groups excluding carboxylic acids is 2. The molecule has 1 aromatic heterocycles. The molecule has 2 aromatic carbocycles. The number of amides is 2. The minimum atomic E-state index is -0.245. The summed E-state index contributed by atoms with van der Waals surface area (Å²) < 4.78 is 0. The Balaban J connectivity index is 1.89. The van der Waals surface area contributed by atoms with Crippen LogP contribution < -0.4 is 5.32 Å². The average Bonchev–Trinajstić information content (AvgIpc) is 2.60. The van der Waals surface area contributed by atoms with Gasteiger partial charge in [-0.2, -0.15) is 0 Å². The van der Waals surface area contributed by atoms with Gasteiger partial charge in [-0.15, -0.1) is 0 Å². The molecule has 3 rings (SSSR count). The minimum absolute atomic E-state index is 0.111. The van der Waals surface area contributed by atoms with E-state index < -0.39 is 0 Å². The molecule has 0 fully saturated rings. The Labute approximate surface area is 146 Å². The smallest absolute Gasteiger partial charge is 0.257 e. The van der Waals surface area contributed by atoms with E-state index >= 15 is 0 Å². The Morgan fingerprint density at radius 3 is 2.52 bits per heavy atom. The number of benzene rings is 2. The summed E-state index contributed by atoms with van der Waals surface area (Å²) in [5.41, 5.74) is 3.14. The van der Waals surface area contributed by atoms with Crippen LogP contribution in [0.15, 0.2) is 54.6 Å². The van der Waals surface area contributed by atoms with Crippen LogP contribution in [-0.2, 0) is 0 Å². The predicted molar refractivity (Wildman–Crippen MR) is 98.9 cm³/mol. The fourth-order valence-electron chi connectivity index (χ4n) is 2.63. The molecule has 3 aromatic rings. The Morgan fingerprint density at radius 2 is 1.76 bits per heavy atom. The lowest BCUT2D eigenvalue weighted by Gasteiger charge is -2.12. The summed E-state index contributed by atoms with van der Waals surface area (Å²) in [4.78, 5) is 30.7. The van der Waals surface area contributed by atoms with Gasteiger partial charge in [-0.05, 0) is 37.3 Å². The summed E-state index contributed by atoms with van der Waals surface area (Å²) in [7, 11) is 3.38. The minimum Gasteiger partial charge on any atom is -0.345 e. The maximum absolute atomic E-state index is 12.6. The monoisotopic (exact) mass is 333 g/mol. The Hall–Kier alpha value is -3.21. The van der Waals surface area contributed by atoms with E-state index in [4.69, 9.17) is 0 Å². The molecule has 25 heavy (non-hydrogen) atoms. The van der Waals surface area contributed by atoms with E-state index in [9.17, 15) is 9.59 Å². The van der Waals surface area contributed by atoms with Crippen LogP contribution in [0.4, 0.5) is 5.69 Å². The van der Waals surface area contributed by atoms with E-state index in [-0.39, 0.29) is 11.8 Å². The average molecular weight is 333 g/mol. The Kier molecular flexibility index (Phi) is 4.48. The van der Waals surface area contributed by atoms with Crippen molar-refractivity contribution in [3.63, 3.8) is 0 Å². The number of carbonyl (C=O) groups is 2. The van der Waals surface area contributed by atoms with E-state index in [0.29, 0.717) is 22.5 Å². The topological polar surface area (TPSA) is 62.3 Å². The van der Waals surface area contributed by atoms with E-state index in [2.05, 4.69) is 10.3 Å². The number of nitrogens with one attached hydrogen (secondary N) is 1. The Morgan fingerprint density at radius 1 is 1.00 bits per heavy atom. The van der Waals surface area contributed by atoms with Crippen molar-refractivity contribution in [3.8, 4) is 0 Å². The van der Waals surface area contributed by atoms with Crippen LogP contribution in [0, 0.1) is 6.92 Å². The van der Waals surface area contributed by atoms with Gasteiger partial charge in [-0.25, -0.2) is 0 Å². The summed E-state index contributed by atoms with van der Waals surface area (Å²) >= 11 is 0. The summed E-state index contributed by atoms with van der Waals surface area (Å²) in [5, 5.41) is 3.76. The summed E-state index contributed by atoms with van der Waals surface area (Å²) in [6.07, 6.45) is 0. The van der Waals surface area contributed by atoms with Gasteiger partial charge in [0.15, 0.2) is 0 Å². The van der Waals surface area contributed by atoms with Crippen LogP contribution in [0.3, 0.4) is 0 Å². The van der Waals surface area contributed by atoms with Gasteiger partial charge >= 0.3 is 0 Å². The van der Waals surface area contributed by atoms with E-state index in [1.165, 1.54) is 4.90 Å². The van der Waals surface area contributed by atoms with Crippen LogP contribution in [0.2, 0.25) is 0 Å². The van der Waals surface area contributed by atoms with Gasteiger partial charge in [0.1, 0.15) is 0 Å². The van der Waals surface area contributed by atoms with Crippen molar-refractivity contribution in [2.24, 2.45) is 0 Å². The van der Waals surface area contributed by atoms with E-state index in [0.717, 1.165) is 10.9 Å². The lowest BCUT2D eigenvalue weighted by molar-refractivity contribution is 0.0827. The molecule has 1 heterocycles. The molecule has 0 saturated heterocycles. The molecule has 5 nitrogen and oxygen atoms in total. The third kappa shape index (κ3) is 3.50. The number of pyridine rings is 1. The maximum atomic E-state index is 12.6. The van der Waals surface area contributed by atoms with Crippen molar-refractivity contribution in [1.82, 2.24) is 9.88 Å². The van der Waals surface area contributed by atoms with Crippen LogP contribution in [0.5, 0.6) is 0 Å². The molecule has 0 unspecified atom stereocenters. The van der Waals surface area contributed by atoms with Gasteiger partial charge in [-0.1, -0.05) is 24.3 Å². The largest absolute Gasteiger partial charge is 0.345 e. The number of hydrogen-bond donors (Lipinski definition) is 1. The SMILES string of the molecule is Cc1nc2ccccc2cc1C(=O)Nc1cccc(C(=O)N(C)C)c1. The van der Waals surface area contributed by atoms with Gasteiger partial charge in [0.05, 0.1) is 16.8 Å². The molecule has 5 heteroatoms. The highest BCUT2D eigenvalue weighted by Crippen LogP contribution is 2.18. The first kappa shape index (κ1) is 16.6. The van der Waals surface area contributed by atoms with E-state index in [1.807, 2.05) is 37.3 Å². The second-order valence-electron chi connectivity index (χ2n) is 6.05. The molecule has 0 aliphatic heterocycles. The van der Waals surface area contributed by atoms with Crippen molar-refractivity contribution in [2.45, 2.75) is 6.92 Å². The van der Waals surface area contributed by atoms with Crippen LogP contribution in [0.25, 0.3) is 10.9 Å². The lowest BCUT2D eigenvalue weighted by Crippen LogP contribution is -2.22. The van der Waals surface area contributed by atoms with Gasteiger partial charge in [-0.3, -0.25) is 14.6 Å². The molecule has 126 valence electrons. The zero-order valence-corrected chi connectivity index (χ0v) is 14.4. The number of nitrogens with zero attached hydrogens (tertiary/aromatic N) is 2. The molecular formula is C20H19N3O2. The fraction of sp³-hybridized carbons (Fsp3) is 0.150. The first-order chi connectivity index (χ1) is 12.0. The standard InChI is InChI=1S/C20H19N3O2/c1-13-17(12-14-7-4-5-10-18(14)21-13)19(24)22-16-9-6-8-15(11-16)20(25)23(2)3/h4-12H,1-3H3,(H,22,24). The van der Waals surface area contributed by atoms with Gasteiger partial charge in [0.25, 0.3) is 11.8 Å². The predicted octanol–water partition coefficient (Wildman–Crippen LogP) is 3.50. The number of anilines is 1. The molecule has 0 bridgehead atoms. The first-order valence-electron chi connectivity index (χ1n) is 7.95. The first-order valence-corrected chi connectivity index (χ1v) is 7.95. The van der Waals surface area contributed by atoms with Crippen LogP contribution >= 0.6 is 0 Å². The molecule has 2 amide bonds. The zero-order valence-electron chi connectivity index (χ0n) is 14.4. The second kappa shape index (κ2) is 6.73. The zero-order chi connectivity index (χ0) is 18.0. The Bertz CT molecular complexity index is 964. The van der Waals surface area contributed by atoms with Crippen LogP contribution in [-0.4, -0.2) is 35.8 Å². The molecule has 0 atom stereocenters. The molecular weight excluding hydrogens is 314 g/mol. The second-order valence-corrected chi connectivity index (χ2v) is 6.05. The number of para-hydroxylation sites is 1. The number of aryl methyl sites for hydroxylation is 1. The van der Waals surface area contributed by atoms with Crippen molar-refractivity contribution >= 4 is 28.4 Å². The molecule has 0 aliphatic rings. The van der Waals surface area contributed by atoms with E-state index in [1.54, 1.807) is 38.4 Å². The fourth-order valence-corrected chi connectivity index (χ4v) is 2.63. The van der Waals surface area contributed by atoms with Gasteiger partial charge < -0.3 is 10.2 Å². The highest BCUT2D eigenvalue weighted by Gasteiger charge is 2.13. The molecule has 0 saturated carbocycles. The van der Waals surface area contributed by atoms with Crippen LogP contribution in [0.1, 0.15) is 26.4 Å². The molecule has 0 spiro atoms. The highest BCUT2D eigenvalue weighted by atomic mass is 16.2. The van der Waals surface area contributed by atoms with Gasteiger partial charge in [0.2, 0.25) is 0 Å². The molecule has 0 aliphatic carbocycles. The third-order valence-electron chi connectivity index (χ3n) is 3.93. The third-order valence-corrected chi connectivity index (χ3v) is 3.93. The maximum Gasteiger partial charge on any atom is 0.257 e. The number of hydrogen-bond acceptors (Lipinski definition) is 3. The highest BCUT2D eigenvalue weighted by molar-refractivity contribution is 6.07. The summed E-state index contributed by atoms with van der Waals surface area (Å²) in [5.74, 6) is -0.357.